The molecule has 2 aromatic rings. The van der Waals surface area contributed by atoms with Crippen LogP contribution >= 0.6 is 34.7 Å². The molecule has 116 valence electrons. The number of aromatic nitrogens is 2. The average Bonchev–Trinajstić information content (AvgIpc) is 3.21. The first-order chi connectivity index (χ1) is 10.6. The van der Waals surface area contributed by atoms with Crippen LogP contribution < -0.4 is 0 Å². The third-order valence-electron chi connectivity index (χ3n) is 4.22. The normalized spacial score (nSPS) is 27.6. The Morgan fingerprint density at radius 3 is 3.23 bits per heavy atom. The first-order valence-corrected chi connectivity index (χ1v) is 9.32. The molecule has 1 amide bonds. The summed E-state index contributed by atoms with van der Waals surface area (Å²) in [7, 11) is 0. The maximum atomic E-state index is 12.2. The highest BCUT2D eigenvalue weighted by molar-refractivity contribution is 8.00. The highest BCUT2D eigenvalue weighted by Crippen LogP contribution is 2.52. The van der Waals surface area contributed by atoms with E-state index >= 15 is 0 Å². The molecule has 4 rings (SSSR count). The van der Waals surface area contributed by atoms with Gasteiger partial charge in [-0.05, 0) is 24.8 Å². The maximum Gasteiger partial charge on any atom is 0.250 e. The minimum absolute atomic E-state index is 0.106. The molecule has 0 unspecified atom stereocenters. The van der Waals surface area contributed by atoms with Gasteiger partial charge in [0.1, 0.15) is 6.04 Å². The van der Waals surface area contributed by atoms with E-state index in [0.29, 0.717) is 24.6 Å². The summed E-state index contributed by atoms with van der Waals surface area (Å²) in [6, 6.07) is 1.76. The van der Waals surface area contributed by atoms with Gasteiger partial charge in [0.2, 0.25) is 11.8 Å². The number of hydrogen-bond acceptors (Lipinski definition) is 6. The van der Waals surface area contributed by atoms with E-state index in [4.69, 9.17) is 16.1 Å². The summed E-state index contributed by atoms with van der Waals surface area (Å²) in [5.41, 5.74) is 0. The molecule has 2 fully saturated rings. The molecule has 0 radical (unpaired) electrons. The van der Waals surface area contributed by atoms with Crippen LogP contribution in [0, 0.1) is 0 Å². The van der Waals surface area contributed by atoms with Gasteiger partial charge in [-0.3, -0.25) is 4.79 Å². The fraction of sp³-hybridized carbons (Fsp3) is 0.500. The number of thioether (sulfide) groups is 1. The van der Waals surface area contributed by atoms with Crippen LogP contribution in [0.15, 0.2) is 16.0 Å². The lowest BCUT2D eigenvalue weighted by atomic mass is 10.2. The molecule has 2 aliphatic heterocycles. The van der Waals surface area contributed by atoms with Crippen molar-refractivity contribution in [3.8, 4) is 0 Å². The number of hydrogen-bond donors (Lipinski definition) is 0. The van der Waals surface area contributed by atoms with Crippen LogP contribution in [0.2, 0.25) is 5.02 Å². The smallest absolute Gasteiger partial charge is 0.250 e. The quantitative estimate of drug-likeness (QED) is 0.843. The number of fused-ring (bicyclic) bond motifs is 1. The molecule has 0 N–H and O–H groups in total. The van der Waals surface area contributed by atoms with Crippen molar-refractivity contribution in [2.75, 3.05) is 5.75 Å². The van der Waals surface area contributed by atoms with Crippen molar-refractivity contribution in [3.63, 3.8) is 0 Å². The van der Waals surface area contributed by atoms with Gasteiger partial charge < -0.3 is 9.42 Å². The second-order valence-electron chi connectivity index (χ2n) is 5.68. The van der Waals surface area contributed by atoms with Crippen molar-refractivity contribution in [2.24, 2.45) is 0 Å². The lowest BCUT2D eigenvalue weighted by molar-refractivity contribution is -0.131. The summed E-state index contributed by atoms with van der Waals surface area (Å²) in [4.78, 5) is 19.5. The van der Waals surface area contributed by atoms with Crippen LogP contribution in [-0.4, -0.2) is 31.6 Å². The van der Waals surface area contributed by atoms with Crippen molar-refractivity contribution < 1.29 is 9.32 Å². The number of amides is 1. The minimum atomic E-state index is -0.118. The first kappa shape index (κ1) is 14.5. The Bertz CT molecular complexity index is 731. The number of halogens is 1. The van der Waals surface area contributed by atoms with Crippen LogP contribution in [0.3, 0.4) is 0 Å². The van der Waals surface area contributed by atoms with Gasteiger partial charge in [-0.15, -0.1) is 23.1 Å². The lowest BCUT2D eigenvalue weighted by Gasteiger charge is -2.28. The first-order valence-electron chi connectivity index (χ1n) is 7.07. The van der Waals surface area contributed by atoms with Crippen LogP contribution in [0.1, 0.15) is 42.4 Å². The molecule has 22 heavy (non-hydrogen) atoms. The summed E-state index contributed by atoms with van der Waals surface area (Å²) < 4.78 is 5.43. The van der Waals surface area contributed by atoms with Crippen LogP contribution in [0.4, 0.5) is 0 Å². The standard InChI is InChI=1S/C14H14ClN3O2S2/c1-14-4-2-12(19)18(14)9(7-22-14)13-16-11(17-20-13)6-10-8(15)3-5-21-10/h3,5,9H,2,4,6-7H2,1H3/t9-,14-/m0/s1. The minimum Gasteiger partial charge on any atom is -0.337 e. The van der Waals surface area contributed by atoms with E-state index in [1.54, 1.807) is 23.1 Å². The molecular weight excluding hydrogens is 342 g/mol. The number of carbonyl (C=O) groups is 1. The molecule has 5 nitrogen and oxygen atoms in total. The Morgan fingerprint density at radius 1 is 1.59 bits per heavy atom. The zero-order valence-electron chi connectivity index (χ0n) is 11.9. The fourth-order valence-corrected chi connectivity index (χ4v) is 5.60. The molecule has 2 atom stereocenters. The second kappa shape index (κ2) is 5.25. The van der Waals surface area contributed by atoms with E-state index in [9.17, 15) is 4.79 Å². The van der Waals surface area contributed by atoms with Crippen LogP contribution in [0.5, 0.6) is 0 Å². The van der Waals surface area contributed by atoms with Crippen LogP contribution in [-0.2, 0) is 11.2 Å². The molecule has 0 saturated carbocycles. The highest BCUT2D eigenvalue weighted by Gasteiger charge is 2.52. The Morgan fingerprint density at radius 2 is 2.45 bits per heavy atom. The maximum absolute atomic E-state index is 12.2. The van der Waals surface area contributed by atoms with Gasteiger partial charge in [-0.1, -0.05) is 16.8 Å². The SMILES string of the molecule is C[C@]12CCC(=O)N1[C@H](c1nc(Cc3sccc3Cl)no1)CS2. The van der Waals surface area contributed by atoms with Gasteiger partial charge >= 0.3 is 0 Å². The molecule has 4 heterocycles. The molecule has 2 aromatic heterocycles. The monoisotopic (exact) mass is 355 g/mol. The van der Waals surface area contributed by atoms with Crippen molar-refractivity contribution in [3.05, 3.63) is 33.1 Å². The van der Waals surface area contributed by atoms with E-state index in [2.05, 4.69) is 17.1 Å². The zero-order chi connectivity index (χ0) is 15.3. The summed E-state index contributed by atoms with van der Waals surface area (Å²) >= 11 is 9.48. The third-order valence-corrected chi connectivity index (χ3v) is 7.12. The van der Waals surface area contributed by atoms with E-state index in [0.717, 1.165) is 22.1 Å². The topological polar surface area (TPSA) is 59.2 Å². The average molecular weight is 356 g/mol. The second-order valence-corrected chi connectivity index (χ2v) is 8.59. The number of thiophene rings is 1. The van der Waals surface area contributed by atoms with Crippen molar-refractivity contribution in [1.82, 2.24) is 15.0 Å². The summed E-state index contributed by atoms with van der Waals surface area (Å²) in [5, 5.41) is 6.73. The van der Waals surface area contributed by atoms with E-state index in [1.165, 1.54) is 0 Å². The van der Waals surface area contributed by atoms with Crippen molar-refractivity contribution >= 4 is 40.6 Å². The van der Waals surface area contributed by atoms with Gasteiger partial charge in [-0.2, -0.15) is 4.98 Å². The molecule has 0 spiro atoms. The molecule has 2 saturated heterocycles. The molecule has 0 aliphatic carbocycles. The zero-order valence-corrected chi connectivity index (χ0v) is 14.3. The Balaban J connectivity index is 1.57. The van der Waals surface area contributed by atoms with Gasteiger partial charge in [0.05, 0.1) is 9.89 Å². The number of carbonyl (C=O) groups excluding carboxylic acids is 1. The molecular formula is C14H14ClN3O2S2. The molecule has 0 bridgehead atoms. The summed E-state index contributed by atoms with van der Waals surface area (Å²) in [6.45, 7) is 2.12. The van der Waals surface area contributed by atoms with Gasteiger partial charge in [0, 0.05) is 23.5 Å². The summed E-state index contributed by atoms with van der Waals surface area (Å²) in [6.07, 6.45) is 2.05. The predicted octanol–water partition coefficient (Wildman–Crippen LogP) is 3.50. The Kier molecular flexibility index (Phi) is 3.47. The van der Waals surface area contributed by atoms with Crippen LogP contribution in [0.25, 0.3) is 0 Å². The van der Waals surface area contributed by atoms with Crippen molar-refractivity contribution in [2.45, 2.75) is 37.1 Å². The Hall–Kier alpha value is -1.05. The number of rotatable bonds is 3. The predicted molar refractivity (Wildman–Crippen MR) is 86.1 cm³/mol. The number of nitrogens with zero attached hydrogens (tertiary/aromatic N) is 3. The highest BCUT2D eigenvalue weighted by atomic mass is 35.5. The van der Waals surface area contributed by atoms with Gasteiger partial charge in [-0.25, -0.2) is 0 Å². The van der Waals surface area contributed by atoms with Crippen molar-refractivity contribution in [1.29, 1.82) is 0 Å². The van der Waals surface area contributed by atoms with Gasteiger partial charge in [0.25, 0.3) is 0 Å². The Labute approximate surface area is 141 Å². The summed E-state index contributed by atoms with van der Waals surface area (Å²) in [5.74, 6) is 2.14. The van der Waals surface area contributed by atoms with E-state index in [-0.39, 0.29) is 16.8 Å². The third kappa shape index (κ3) is 2.26. The van der Waals surface area contributed by atoms with Gasteiger partial charge in [0.15, 0.2) is 5.82 Å². The lowest BCUT2D eigenvalue weighted by Crippen LogP contribution is -2.37. The van der Waals surface area contributed by atoms with E-state index < -0.39 is 0 Å². The molecule has 2 aliphatic rings. The fourth-order valence-electron chi connectivity index (χ4n) is 3.07. The largest absolute Gasteiger partial charge is 0.337 e. The molecule has 8 heteroatoms. The molecule has 0 aromatic carbocycles. The van der Waals surface area contributed by atoms with E-state index in [1.807, 2.05) is 16.3 Å².